The summed E-state index contributed by atoms with van der Waals surface area (Å²) < 4.78 is 0. The van der Waals surface area contributed by atoms with Crippen LogP contribution in [0.15, 0.2) is 30.3 Å². The van der Waals surface area contributed by atoms with E-state index in [1.807, 2.05) is 0 Å². The van der Waals surface area contributed by atoms with Gasteiger partial charge in [-0.3, -0.25) is 9.80 Å². The number of benzene rings is 1. The van der Waals surface area contributed by atoms with Crippen LogP contribution in [0.3, 0.4) is 0 Å². The van der Waals surface area contributed by atoms with E-state index in [0.717, 1.165) is 45.2 Å². The zero-order valence-corrected chi connectivity index (χ0v) is 13.5. The molecule has 0 amide bonds. The Morgan fingerprint density at radius 3 is 2.48 bits per heavy atom. The van der Waals surface area contributed by atoms with Crippen molar-refractivity contribution in [1.82, 2.24) is 9.80 Å². The van der Waals surface area contributed by atoms with Gasteiger partial charge in [-0.25, -0.2) is 0 Å². The highest BCUT2D eigenvalue weighted by molar-refractivity contribution is 5.14. The highest BCUT2D eigenvalue weighted by Gasteiger charge is 2.20. The first-order chi connectivity index (χ1) is 10.1. The first-order valence-electron chi connectivity index (χ1n) is 8.30. The number of aliphatic hydroxyl groups is 1. The Kier molecular flexibility index (Phi) is 6.68. The van der Waals surface area contributed by atoms with Gasteiger partial charge in [0.2, 0.25) is 0 Å². The molecule has 2 rings (SSSR count). The molecule has 1 saturated heterocycles. The van der Waals surface area contributed by atoms with Crippen LogP contribution in [0, 0.1) is 5.92 Å². The molecule has 1 N–H and O–H groups in total. The lowest BCUT2D eigenvalue weighted by molar-refractivity contribution is 0.107. The molecule has 1 heterocycles. The number of nitrogens with zero attached hydrogens (tertiary/aromatic N) is 2. The zero-order valence-electron chi connectivity index (χ0n) is 13.5. The Morgan fingerprint density at radius 1 is 1.10 bits per heavy atom. The quantitative estimate of drug-likeness (QED) is 0.872. The molecule has 0 aliphatic carbocycles. The Balaban J connectivity index is 1.80. The standard InChI is InChI=1S/C18H30N2O/c1-16(2)7-6-10-19-11-12-20(15-18(21)14-19)13-17-8-4-3-5-9-17/h3-5,8-9,16,18,21H,6-7,10-15H2,1-2H3. The third-order valence-electron chi connectivity index (χ3n) is 4.18. The summed E-state index contributed by atoms with van der Waals surface area (Å²) in [4.78, 5) is 4.81. The van der Waals surface area contributed by atoms with E-state index in [1.165, 1.54) is 18.4 Å². The van der Waals surface area contributed by atoms with E-state index in [0.29, 0.717) is 0 Å². The van der Waals surface area contributed by atoms with Crippen molar-refractivity contribution in [3.63, 3.8) is 0 Å². The number of aliphatic hydroxyl groups excluding tert-OH is 1. The van der Waals surface area contributed by atoms with Crippen LogP contribution in [-0.4, -0.2) is 53.7 Å². The minimum Gasteiger partial charge on any atom is -0.390 e. The third-order valence-corrected chi connectivity index (χ3v) is 4.18. The maximum atomic E-state index is 10.2. The number of β-amino-alcohol motifs (C(OH)–C–C–N with tert-alkyl or cyclic N) is 1. The van der Waals surface area contributed by atoms with Gasteiger partial charge in [0.1, 0.15) is 0 Å². The molecule has 0 spiro atoms. The van der Waals surface area contributed by atoms with Gasteiger partial charge in [0.05, 0.1) is 6.10 Å². The van der Waals surface area contributed by atoms with Crippen LogP contribution < -0.4 is 0 Å². The maximum absolute atomic E-state index is 10.2. The molecule has 0 aromatic heterocycles. The Hall–Kier alpha value is -0.900. The zero-order chi connectivity index (χ0) is 15.1. The summed E-state index contributed by atoms with van der Waals surface area (Å²) in [7, 11) is 0. The molecule has 1 aromatic rings. The number of hydrogen-bond donors (Lipinski definition) is 1. The van der Waals surface area contributed by atoms with E-state index in [1.54, 1.807) is 0 Å². The minimum absolute atomic E-state index is 0.227. The van der Waals surface area contributed by atoms with Gasteiger partial charge in [-0.1, -0.05) is 44.2 Å². The molecule has 1 atom stereocenters. The summed E-state index contributed by atoms with van der Waals surface area (Å²) in [5.74, 6) is 0.775. The van der Waals surface area contributed by atoms with Crippen molar-refractivity contribution in [3.05, 3.63) is 35.9 Å². The molecule has 1 fully saturated rings. The molecule has 3 nitrogen and oxygen atoms in total. The van der Waals surface area contributed by atoms with Gasteiger partial charge in [0.25, 0.3) is 0 Å². The monoisotopic (exact) mass is 290 g/mol. The van der Waals surface area contributed by atoms with Gasteiger partial charge in [0, 0.05) is 32.7 Å². The molecule has 1 aromatic carbocycles. The van der Waals surface area contributed by atoms with E-state index in [9.17, 15) is 5.11 Å². The van der Waals surface area contributed by atoms with Crippen molar-refractivity contribution in [3.8, 4) is 0 Å². The number of rotatable bonds is 6. The van der Waals surface area contributed by atoms with Crippen molar-refractivity contribution in [2.24, 2.45) is 5.92 Å². The van der Waals surface area contributed by atoms with Gasteiger partial charge in [0.15, 0.2) is 0 Å². The van der Waals surface area contributed by atoms with Crippen LogP contribution in [0.25, 0.3) is 0 Å². The summed E-state index contributed by atoms with van der Waals surface area (Å²) in [6.07, 6.45) is 2.29. The summed E-state index contributed by atoms with van der Waals surface area (Å²) in [6, 6.07) is 10.6. The van der Waals surface area contributed by atoms with Crippen LogP contribution in [0.4, 0.5) is 0 Å². The average Bonchev–Trinajstić information content (AvgIpc) is 2.61. The lowest BCUT2D eigenvalue weighted by atomic mass is 10.1. The second kappa shape index (κ2) is 8.52. The molecule has 0 radical (unpaired) electrons. The smallest absolute Gasteiger partial charge is 0.0793 e. The Labute approximate surface area is 129 Å². The minimum atomic E-state index is -0.227. The fourth-order valence-corrected chi connectivity index (χ4v) is 3.03. The summed E-state index contributed by atoms with van der Waals surface area (Å²) in [6.45, 7) is 10.3. The van der Waals surface area contributed by atoms with Crippen LogP contribution in [0.5, 0.6) is 0 Å². The average molecular weight is 290 g/mol. The second-order valence-corrected chi connectivity index (χ2v) is 6.71. The van der Waals surface area contributed by atoms with E-state index in [-0.39, 0.29) is 6.10 Å². The molecule has 0 saturated carbocycles. The van der Waals surface area contributed by atoms with Gasteiger partial charge < -0.3 is 5.11 Å². The van der Waals surface area contributed by atoms with E-state index >= 15 is 0 Å². The molecular weight excluding hydrogens is 260 g/mol. The van der Waals surface area contributed by atoms with Crippen molar-refractivity contribution in [2.45, 2.75) is 39.3 Å². The molecule has 21 heavy (non-hydrogen) atoms. The Bertz CT molecular complexity index is 393. The van der Waals surface area contributed by atoms with E-state index in [4.69, 9.17) is 0 Å². The predicted molar refractivity (Wildman–Crippen MR) is 88.2 cm³/mol. The summed E-state index contributed by atoms with van der Waals surface area (Å²) >= 11 is 0. The van der Waals surface area contributed by atoms with Crippen LogP contribution >= 0.6 is 0 Å². The lowest BCUT2D eigenvalue weighted by Crippen LogP contribution is -2.33. The fourth-order valence-electron chi connectivity index (χ4n) is 3.03. The first-order valence-corrected chi connectivity index (χ1v) is 8.30. The van der Waals surface area contributed by atoms with E-state index in [2.05, 4.69) is 54.0 Å². The van der Waals surface area contributed by atoms with Crippen molar-refractivity contribution in [1.29, 1.82) is 0 Å². The largest absolute Gasteiger partial charge is 0.390 e. The topological polar surface area (TPSA) is 26.7 Å². The molecule has 118 valence electrons. The molecule has 1 aliphatic heterocycles. The summed E-state index contributed by atoms with van der Waals surface area (Å²) in [5, 5.41) is 10.2. The van der Waals surface area contributed by atoms with Crippen molar-refractivity contribution in [2.75, 3.05) is 32.7 Å². The van der Waals surface area contributed by atoms with Crippen LogP contribution in [-0.2, 0) is 6.54 Å². The van der Waals surface area contributed by atoms with E-state index < -0.39 is 0 Å². The molecule has 1 unspecified atom stereocenters. The highest BCUT2D eigenvalue weighted by Crippen LogP contribution is 2.11. The predicted octanol–water partition coefficient (Wildman–Crippen LogP) is 2.60. The molecule has 3 heteroatoms. The third kappa shape index (κ3) is 6.16. The second-order valence-electron chi connectivity index (χ2n) is 6.71. The summed E-state index contributed by atoms with van der Waals surface area (Å²) in [5.41, 5.74) is 1.33. The number of hydrogen-bond acceptors (Lipinski definition) is 3. The molecular formula is C18H30N2O. The maximum Gasteiger partial charge on any atom is 0.0793 e. The van der Waals surface area contributed by atoms with Gasteiger partial charge in [-0.15, -0.1) is 0 Å². The lowest BCUT2D eigenvalue weighted by Gasteiger charge is -2.21. The van der Waals surface area contributed by atoms with Crippen LogP contribution in [0.2, 0.25) is 0 Å². The van der Waals surface area contributed by atoms with Gasteiger partial charge in [-0.2, -0.15) is 0 Å². The highest BCUT2D eigenvalue weighted by atomic mass is 16.3. The van der Waals surface area contributed by atoms with Crippen LogP contribution in [0.1, 0.15) is 32.3 Å². The molecule has 1 aliphatic rings. The van der Waals surface area contributed by atoms with Gasteiger partial charge in [-0.05, 0) is 30.9 Å². The molecule has 0 bridgehead atoms. The fraction of sp³-hybridized carbons (Fsp3) is 0.667. The van der Waals surface area contributed by atoms with Gasteiger partial charge >= 0.3 is 0 Å². The SMILES string of the molecule is CC(C)CCCN1CCN(Cc2ccccc2)CC(O)C1. The first kappa shape index (κ1) is 16.5. The Morgan fingerprint density at radius 2 is 1.76 bits per heavy atom. The van der Waals surface area contributed by atoms with Crippen molar-refractivity contribution < 1.29 is 5.11 Å². The van der Waals surface area contributed by atoms with Crippen molar-refractivity contribution >= 4 is 0 Å². The normalized spacial score (nSPS) is 21.6.